The Bertz CT molecular complexity index is 526. The lowest BCUT2D eigenvalue weighted by Crippen LogP contribution is -2.45. The van der Waals surface area contributed by atoms with Crippen LogP contribution < -0.4 is 0 Å². The third kappa shape index (κ3) is 3.23. The first kappa shape index (κ1) is 15.5. The standard InChI is InChI=1S/C14H16Br2N2O2/c1-17(2)14(20)12-4-3-5-18(12)13(19)9-6-10(15)8-11(16)7-9/h6-8,12H,3-5H2,1-2H3. The Labute approximate surface area is 135 Å². The fraction of sp³-hybridized carbons (Fsp3) is 0.429. The number of carbonyl (C=O) groups is 2. The Kier molecular flexibility index (Phi) is 4.86. The summed E-state index contributed by atoms with van der Waals surface area (Å²) in [5.74, 6) is -0.102. The maximum absolute atomic E-state index is 12.6. The quantitative estimate of drug-likeness (QED) is 0.761. The predicted molar refractivity (Wildman–Crippen MR) is 84.6 cm³/mol. The van der Waals surface area contributed by atoms with Gasteiger partial charge in [-0.3, -0.25) is 9.59 Å². The summed E-state index contributed by atoms with van der Waals surface area (Å²) >= 11 is 6.76. The number of amides is 2. The second-order valence-corrected chi connectivity index (χ2v) is 6.88. The van der Waals surface area contributed by atoms with Crippen molar-refractivity contribution in [3.63, 3.8) is 0 Å². The normalized spacial score (nSPS) is 18.2. The lowest BCUT2D eigenvalue weighted by atomic mass is 10.1. The Hall–Kier alpha value is -0.880. The number of benzene rings is 1. The molecule has 0 aliphatic carbocycles. The van der Waals surface area contributed by atoms with Crippen LogP contribution in [0.2, 0.25) is 0 Å². The van der Waals surface area contributed by atoms with Crippen LogP contribution in [0, 0.1) is 0 Å². The summed E-state index contributed by atoms with van der Waals surface area (Å²) in [5, 5.41) is 0. The zero-order chi connectivity index (χ0) is 14.9. The first-order valence-corrected chi connectivity index (χ1v) is 7.97. The summed E-state index contributed by atoms with van der Waals surface area (Å²) in [5.41, 5.74) is 0.588. The van der Waals surface area contributed by atoms with Crippen molar-refractivity contribution in [1.29, 1.82) is 0 Å². The highest BCUT2D eigenvalue weighted by atomic mass is 79.9. The van der Waals surface area contributed by atoms with Gasteiger partial charge in [-0.2, -0.15) is 0 Å². The number of rotatable bonds is 2. The van der Waals surface area contributed by atoms with E-state index >= 15 is 0 Å². The highest BCUT2D eigenvalue weighted by molar-refractivity contribution is 9.11. The molecule has 20 heavy (non-hydrogen) atoms. The number of nitrogens with zero attached hydrogens (tertiary/aromatic N) is 2. The van der Waals surface area contributed by atoms with Gasteiger partial charge in [0.2, 0.25) is 5.91 Å². The van der Waals surface area contributed by atoms with E-state index < -0.39 is 0 Å². The molecule has 0 aromatic heterocycles. The average molecular weight is 404 g/mol. The molecule has 1 aliphatic rings. The van der Waals surface area contributed by atoms with E-state index in [-0.39, 0.29) is 17.9 Å². The van der Waals surface area contributed by atoms with Gasteiger partial charge in [-0.05, 0) is 31.0 Å². The second kappa shape index (κ2) is 6.26. The molecule has 1 unspecified atom stereocenters. The van der Waals surface area contributed by atoms with Crippen LogP contribution in [0.3, 0.4) is 0 Å². The van der Waals surface area contributed by atoms with Crippen LogP contribution in [0.15, 0.2) is 27.1 Å². The molecule has 0 N–H and O–H groups in total. The van der Waals surface area contributed by atoms with Crippen molar-refractivity contribution in [1.82, 2.24) is 9.80 Å². The molecule has 1 aromatic rings. The molecule has 0 radical (unpaired) electrons. The van der Waals surface area contributed by atoms with Crippen molar-refractivity contribution in [2.24, 2.45) is 0 Å². The van der Waals surface area contributed by atoms with Crippen LogP contribution >= 0.6 is 31.9 Å². The van der Waals surface area contributed by atoms with Crippen molar-refractivity contribution in [3.8, 4) is 0 Å². The number of hydrogen-bond acceptors (Lipinski definition) is 2. The fourth-order valence-corrected chi connectivity index (χ4v) is 3.70. The first-order chi connectivity index (χ1) is 9.40. The molecule has 0 bridgehead atoms. The molecule has 1 heterocycles. The predicted octanol–water partition coefficient (Wildman–Crippen LogP) is 2.90. The van der Waals surface area contributed by atoms with Crippen LogP contribution in [0.5, 0.6) is 0 Å². The van der Waals surface area contributed by atoms with Crippen molar-refractivity contribution in [2.45, 2.75) is 18.9 Å². The molecule has 0 saturated carbocycles. The Morgan fingerprint density at radius 2 is 1.80 bits per heavy atom. The SMILES string of the molecule is CN(C)C(=O)C1CCCN1C(=O)c1cc(Br)cc(Br)c1. The maximum Gasteiger partial charge on any atom is 0.254 e. The summed E-state index contributed by atoms with van der Waals surface area (Å²) in [6.07, 6.45) is 1.60. The third-order valence-corrected chi connectivity index (χ3v) is 4.26. The molecule has 1 atom stereocenters. The van der Waals surface area contributed by atoms with Gasteiger partial charge in [0.25, 0.3) is 5.91 Å². The smallest absolute Gasteiger partial charge is 0.254 e. The summed E-state index contributed by atoms with van der Waals surface area (Å²) in [6.45, 7) is 0.632. The second-order valence-electron chi connectivity index (χ2n) is 5.05. The molecular weight excluding hydrogens is 388 g/mol. The number of likely N-dealkylation sites (tertiary alicyclic amines) is 1. The lowest BCUT2D eigenvalue weighted by molar-refractivity contribution is -0.132. The monoisotopic (exact) mass is 402 g/mol. The highest BCUT2D eigenvalue weighted by Gasteiger charge is 2.35. The summed E-state index contributed by atoms with van der Waals surface area (Å²) in [4.78, 5) is 28.0. The molecule has 4 nitrogen and oxygen atoms in total. The maximum atomic E-state index is 12.6. The van der Waals surface area contributed by atoms with E-state index in [1.807, 2.05) is 6.07 Å². The van der Waals surface area contributed by atoms with Crippen molar-refractivity contribution < 1.29 is 9.59 Å². The summed E-state index contributed by atoms with van der Waals surface area (Å²) in [7, 11) is 3.44. The minimum Gasteiger partial charge on any atom is -0.347 e. The van der Waals surface area contributed by atoms with Crippen LogP contribution in [0.1, 0.15) is 23.2 Å². The van der Waals surface area contributed by atoms with Crippen LogP contribution in [-0.2, 0) is 4.79 Å². The van der Waals surface area contributed by atoms with E-state index in [0.717, 1.165) is 21.8 Å². The minimum atomic E-state index is -0.338. The Morgan fingerprint density at radius 1 is 1.20 bits per heavy atom. The largest absolute Gasteiger partial charge is 0.347 e. The van der Waals surface area contributed by atoms with Gasteiger partial charge in [-0.15, -0.1) is 0 Å². The number of likely N-dealkylation sites (N-methyl/N-ethyl adjacent to an activating group) is 1. The van der Waals surface area contributed by atoms with Gasteiger partial charge in [0.05, 0.1) is 0 Å². The molecule has 0 spiro atoms. The number of hydrogen-bond donors (Lipinski definition) is 0. The summed E-state index contributed by atoms with van der Waals surface area (Å²) < 4.78 is 1.68. The van der Waals surface area contributed by atoms with E-state index in [4.69, 9.17) is 0 Å². The van der Waals surface area contributed by atoms with Crippen LogP contribution in [-0.4, -0.2) is 48.3 Å². The molecule has 1 aliphatic heterocycles. The van der Waals surface area contributed by atoms with Crippen LogP contribution in [0.4, 0.5) is 0 Å². The van der Waals surface area contributed by atoms with Crippen LogP contribution in [0.25, 0.3) is 0 Å². The molecule has 2 amide bonds. The van der Waals surface area contributed by atoms with Gasteiger partial charge >= 0.3 is 0 Å². The minimum absolute atomic E-state index is 0.00934. The van der Waals surface area contributed by atoms with Crippen molar-refractivity contribution in [2.75, 3.05) is 20.6 Å². The Morgan fingerprint density at radius 3 is 2.35 bits per heavy atom. The third-order valence-electron chi connectivity index (χ3n) is 3.35. The van der Waals surface area contributed by atoms with E-state index in [1.165, 1.54) is 0 Å². The highest BCUT2D eigenvalue weighted by Crippen LogP contribution is 2.25. The van der Waals surface area contributed by atoms with Crippen molar-refractivity contribution in [3.05, 3.63) is 32.7 Å². The first-order valence-electron chi connectivity index (χ1n) is 6.38. The molecule has 6 heteroatoms. The van der Waals surface area contributed by atoms with E-state index in [1.54, 1.807) is 36.0 Å². The van der Waals surface area contributed by atoms with Gasteiger partial charge in [0.15, 0.2) is 0 Å². The fourth-order valence-electron chi connectivity index (χ4n) is 2.41. The van der Waals surface area contributed by atoms with Gasteiger partial charge in [-0.25, -0.2) is 0 Å². The molecule has 1 aromatic carbocycles. The molecule has 1 saturated heterocycles. The molecular formula is C14H16Br2N2O2. The van der Waals surface area contributed by atoms with E-state index in [2.05, 4.69) is 31.9 Å². The average Bonchev–Trinajstić information content (AvgIpc) is 2.84. The Balaban J connectivity index is 2.25. The molecule has 1 fully saturated rings. The molecule has 108 valence electrons. The zero-order valence-corrected chi connectivity index (χ0v) is 14.6. The topological polar surface area (TPSA) is 40.6 Å². The van der Waals surface area contributed by atoms with Gasteiger partial charge in [0, 0.05) is 35.1 Å². The summed E-state index contributed by atoms with van der Waals surface area (Å²) in [6, 6.07) is 5.10. The molecule has 2 rings (SSSR count). The van der Waals surface area contributed by atoms with E-state index in [9.17, 15) is 9.59 Å². The van der Waals surface area contributed by atoms with Gasteiger partial charge < -0.3 is 9.80 Å². The van der Waals surface area contributed by atoms with Crippen molar-refractivity contribution >= 4 is 43.7 Å². The van der Waals surface area contributed by atoms with Gasteiger partial charge in [-0.1, -0.05) is 31.9 Å². The zero-order valence-electron chi connectivity index (χ0n) is 11.4. The number of halogens is 2. The lowest BCUT2D eigenvalue weighted by Gasteiger charge is -2.26. The number of carbonyl (C=O) groups excluding carboxylic acids is 2. The van der Waals surface area contributed by atoms with E-state index in [0.29, 0.717) is 12.1 Å². The van der Waals surface area contributed by atoms with Gasteiger partial charge in [0.1, 0.15) is 6.04 Å².